The van der Waals surface area contributed by atoms with E-state index in [2.05, 4.69) is 25.5 Å². The molecule has 1 fully saturated rings. The minimum Gasteiger partial charge on any atom is -0.477 e. The van der Waals surface area contributed by atoms with Crippen LogP contribution in [0.4, 0.5) is 5.13 Å². The Morgan fingerprint density at radius 3 is 2.90 bits per heavy atom. The van der Waals surface area contributed by atoms with Crippen molar-refractivity contribution in [3.63, 3.8) is 0 Å². The number of nitrogen functional groups attached to an aromatic ring is 1. The first-order valence-corrected chi connectivity index (χ1v) is 10.6. The average Bonchev–Trinajstić information content (AvgIpc) is 3.18. The second-order valence-electron chi connectivity index (χ2n) is 6.14. The van der Waals surface area contributed by atoms with Crippen LogP contribution in [0, 0.1) is 0 Å². The number of hydrogen-bond donors (Lipinski definition) is 4. The maximum absolute atomic E-state index is 12.8. The molecule has 1 saturated heterocycles. The number of aromatic nitrogens is 1. The third-order valence-electron chi connectivity index (χ3n) is 4.21. The summed E-state index contributed by atoms with van der Waals surface area (Å²) in [6.45, 7) is 0.0692. The Kier molecular flexibility index (Phi) is 6.96. The van der Waals surface area contributed by atoms with E-state index in [1.54, 1.807) is 0 Å². The van der Waals surface area contributed by atoms with E-state index >= 15 is 0 Å². The Hall–Kier alpha value is -3.33. The normalized spacial score (nSPS) is 20.5. The first kappa shape index (κ1) is 22.4. The number of carbonyl (C=O) groups excluding carboxylic acids is 2. The number of oxime groups is 1. The lowest BCUT2D eigenvalue weighted by Gasteiger charge is -2.49. The molecule has 164 valence electrons. The molecule has 0 bridgehead atoms. The zero-order valence-corrected chi connectivity index (χ0v) is 17.4. The summed E-state index contributed by atoms with van der Waals surface area (Å²) in [5.74, 6) is -2.44. The molecule has 0 radical (unpaired) electrons. The van der Waals surface area contributed by atoms with Gasteiger partial charge in [0.1, 0.15) is 29.4 Å². The number of β-lactam (4-membered cyclic amide) rings is 1. The Morgan fingerprint density at radius 1 is 1.52 bits per heavy atom. The number of rotatable bonds is 9. The Morgan fingerprint density at radius 2 is 2.29 bits per heavy atom. The number of thiazole rings is 1. The fourth-order valence-corrected chi connectivity index (χ4v) is 4.78. The van der Waals surface area contributed by atoms with E-state index < -0.39 is 29.2 Å². The minimum atomic E-state index is -1.32. The maximum Gasteiger partial charge on any atom is 0.352 e. The van der Waals surface area contributed by atoms with E-state index in [1.807, 2.05) is 0 Å². The van der Waals surface area contributed by atoms with Gasteiger partial charge in [-0.2, -0.15) is 0 Å². The van der Waals surface area contributed by atoms with Crippen molar-refractivity contribution < 1.29 is 24.3 Å². The van der Waals surface area contributed by atoms with Crippen molar-refractivity contribution in [2.24, 2.45) is 16.0 Å². The number of carboxylic acid groups (broad SMARTS) is 1. The van der Waals surface area contributed by atoms with Crippen molar-refractivity contribution in [2.75, 3.05) is 31.2 Å². The van der Waals surface area contributed by atoms with Crippen LogP contribution >= 0.6 is 23.1 Å². The first-order valence-electron chi connectivity index (χ1n) is 8.72. The average molecular weight is 467 g/mol. The van der Waals surface area contributed by atoms with Gasteiger partial charge in [0.25, 0.3) is 11.8 Å². The number of nitrogens with two attached hydrogens (primary N) is 2. The summed E-state index contributed by atoms with van der Waals surface area (Å²) in [5.41, 5.74) is 19.5. The third kappa shape index (κ3) is 4.56. The molecule has 2 aliphatic rings. The lowest BCUT2D eigenvalue weighted by molar-refractivity contribution is -0.150. The summed E-state index contributed by atoms with van der Waals surface area (Å²) >= 11 is 2.34. The highest BCUT2D eigenvalue weighted by atomic mass is 32.2. The van der Waals surface area contributed by atoms with Crippen LogP contribution in [0.15, 0.2) is 26.9 Å². The summed E-state index contributed by atoms with van der Waals surface area (Å²) in [5, 5.41) is 20.3. The van der Waals surface area contributed by atoms with Gasteiger partial charge in [-0.15, -0.1) is 23.1 Å². The second kappa shape index (κ2) is 9.65. The molecular weight excluding hydrogens is 450 g/mol. The molecular formula is C15H17N9O5S2. The number of thioether (sulfide) groups is 1. The van der Waals surface area contributed by atoms with Gasteiger partial charge in [-0.05, 0) is 11.1 Å². The Labute approximate surface area is 182 Å². The number of fused-ring (bicyclic) bond motifs is 1. The van der Waals surface area contributed by atoms with Crippen molar-refractivity contribution in [1.82, 2.24) is 15.2 Å². The summed E-state index contributed by atoms with van der Waals surface area (Å²) < 4.78 is 0. The van der Waals surface area contributed by atoms with Crippen LogP contribution in [0.5, 0.6) is 0 Å². The highest BCUT2D eigenvalue weighted by Crippen LogP contribution is 2.40. The number of carbonyl (C=O) groups is 3. The molecule has 2 aliphatic heterocycles. The van der Waals surface area contributed by atoms with E-state index in [0.717, 1.165) is 16.2 Å². The van der Waals surface area contributed by atoms with E-state index in [-0.39, 0.29) is 47.7 Å². The van der Waals surface area contributed by atoms with Gasteiger partial charge in [-0.25, -0.2) is 9.78 Å². The molecule has 2 atom stereocenters. The number of carboxylic acids is 1. The van der Waals surface area contributed by atoms with E-state index in [9.17, 15) is 19.5 Å². The topological polar surface area (TPSA) is 222 Å². The van der Waals surface area contributed by atoms with Gasteiger partial charge in [0.15, 0.2) is 10.8 Å². The van der Waals surface area contributed by atoms with Crippen molar-refractivity contribution in [1.29, 1.82) is 0 Å². The van der Waals surface area contributed by atoms with Crippen molar-refractivity contribution >= 4 is 51.7 Å². The zero-order valence-electron chi connectivity index (χ0n) is 15.8. The number of nitrogens with one attached hydrogen (secondary N) is 1. The largest absolute Gasteiger partial charge is 0.477 e. The van der Waals surface area contributed by atoms with E-state index in [0.29, 0.717) is 5.57 Å². The molecule has 0 aliphatic carbocycles. The molecule has 1 aromatic heterocycles. The highest BCUT2D eigenvalue weighted by molar-refractivity contribution is 8.00. The van der Waals surface area contributed by atoms with Crippen molar-refractivity contribution in [2.45, 2.75) is 11.4 Å². The highest BCUT2D eigenvalue weighted by Gasteiger charge is 2.54. The van der Waals surface area contributed by atoms with Crippen LogP contribution in [0.3, 0.4) is 0 Å². The van der Waals surface area contributed by atoms with Crippen LogP contribution in [0.1, 0.15) is 5.69 Å². The summed E-state index contributed by atoms with van der Waals surface area (Å²) in [6.07, 6.45) is 0. The number of hydrogen-bond acceptors (Lipinski definition) is 11. The monoisotopic (exact) mass is 467 g/mol. The van der Waals surface area contributed by atoms with E-state index in [4.69, 9.17) is 21.8 Å². The lowest BCUT2D eigenvalue weighted by Crippen LogP contribution is -2.71. The van der Waals surface area contributed by atoms with Crippen LogP contribution in [-0.2, 0) is 19.2 Å². The predicted octanol–water partition coefficient (Wildman–Crippen LogP) is -0.546. The number of anilines is 1. The SMILES string of the molecule is [N-]=[N+]=NCC1=C(C(=O)O)N2C(=O)C(NC(=O)C(=NOCCN)c3csc(N)n3)[C@H]2SC1. The molecule has 31 heavy (non-hydrogen) atoms. The standard InChI is InChI=1S/C15H17N9O5S2/c16-1-2-29-22-8(7-5-31-15(17)20-7)11(25)21-9-12(26)24-10(14(27)28)6(3-19-23-18)4-30-13(9)24/h5,9,13H,1-4,16H2,(H2,17,20)(H,21,25)(H,27,28)/t9?,13-/m1/s1. The molecule has 2 amide bonds. The fourth-order valence-electron chi connectivity index (χ4n) is 2.90. The molecule has 3 rings (SSSR count). The smallest absolute Gasteiger partial charge is 0.352 e. The minimum absolute atomic E-state index is 0.0612. The van der Waals surface area contributed by atoms with Gasteiger partial charge < -0.3 is 26.7 Å². The number of nitrogens with zero attached hydrogens (tertiary/aromatic N) is 6. The molecule has 14 nitrogen and oxygen atoms in total. The Balaban J connectivity index is 1.79. The summed E-state index contributed by atoms with van der Waals surface area (Å²) in [6, 6.07) is -0.983. The number of aliphatic carboxylic acids is 1. The van der Waals surface area contributed by atoms with Crippen molar-refractivity contribution in [3.05, 3.63) is 32.8 Å². The van der Waals surface area contributed by atoms with Gasteiger partial charge >= 0.3 is 5.97 Å². The van der Waals surface area contributed by atoms with Gasteiger partial charge in [0.2, 0.25) is 0 Å². The summed E-state index contributed by atoms with van der Waals surface area (Å²) in [4.78, 5) is 49.8. The first-order chi connectivity index (χ1) is 14.9. The molecule has 0 spiro atoms. The van der Waals surface area contributed by atoms with Crippen LogP contribution < -0.4 is 16.8 Å². The third-order valence-corrected chi connectivity index (χ3v) is 6.22. The van der Waals surface area contributed by atoms with Crippen LogP contribution in [-0.4, -0.2) is 75.4 Å². The van der Waals surface area contributed by atoms with E-state index in [1.165, 1.54) is 17.1 Å². The van der Waals surface area contributed by atoms with Gasteiger partial charge in [0, 0.05) is 22.6 Å². The van der Waals surface area contributed by atoms with Gasteiger partial charge in [0.05, 0.1) is 6.54 Å². The molecule has 6 N–H and O–H groups in total. The van der Waals surface area contributed by atoms with Crippen LogP contribution in [0.2, 0.25) is 0 Å². The molecule has 1 aromatic rings. The Bertz CT molecular complexity index is 1020. The maximum atomic E-state index is 12.8. The molecule has 0 saturated carbocycles. The predicted molar refractivity (Wildman–Crippen MR) is 112 cm³/mol. The summed E-state index contributed by atoms with van der Waals surface area (Å²) in [7, 11) is 0. The molecule has 0 aromatic carbocycles. The number of azide groups is 1. The van der Waals surface area contributed by atoms with Gasteiger partial charge in [-0.1, -0.05) is 10.3 Å². The number of amides is 2. The van der Waals surface area contributed by atoms with Crippen LogP contribution in [0.25, 0.3) is 10.4 Å². The molecule has 3 heterocycles. The zero-order chi connectivity index (χ0) is 22.5. The fraction of sp³-hybridized carbons (Fsp3) is 0.400. The lowest BCUT2D eigenvalue weighted by atomic mass is 10.0. The van der Waals surface area contributed by atoms with Gasteiger partial charge in [-0.3, -0.25) is 14.5 Å². The second-order valence-corrected chi connectivity index (χ2v) is 8.13. The molecule has 16 heteroatoms. The van der Waals surface area contributed by atoms with Crippen molar-refractivity contribution in [3.8, 4) is 0 Å². The quantitative estimate of drug-likeness (QED) is 0.0694. The molecule has 1 unspecified atom stereocenters.